The molecule has 3 N–H and O–H groups in total. The minimum Gasteiger partial charge on any atom is -0.338 e. The number of nitrogens with one attached hydrogen (secondary N) is 1. The molecule has 7 heteroatoms. The Balaban J connectivity index is 0.00000169. The number of hydrogen-bond donors (Lipinski definition) is 2. The number of nitrogens with zero attached hydrogens (tertiary/aromatic N) is 1. The Kier molecular flexibility index (Phi) is 5.08. The highest BCUT2D eigenvalue weighted by molar-refractivity contribution is 7.99. The van der Waals surface area contributed by atoms with Crippen LogP contribution in [0.15, 0.2) is 23.1 Å². The van der Waals surface area contributed by atoms with Crippen LogP contribution < -0.4 is 11.1 Å². The predicted octanol–water partition coefficient (Wildman–Crippen LogP) is 2.35. The second kappa shape index (κ2) is 6.94. The number of rotatable bonds is 1. The molecule has 24 heavy (non-hydrogen) atoms. The molecule has 1 aromatic rings. The molecule has 3 aliphatic rings. The second-order valence-corrected chi connectivity index (χ2v) is 7.87. The van der Waals surface area contributed by atoms with Crippen molar-refractivity contribution in [1.82, 2.24) is 4.90 Å². The molecule has 2 aliphatic heterocycles. The van der Waals surface area contributed by atoms with Crippen LogP contribution in [0, 0.1) is 11.8 Å². The average molecular weight is 368 g/mol. The number of thioether (sulfide) groups is 1. The number of fused-ring (bicyclic) bond motifs is 2. The molecule has 4 rings (SSSR count). The molecule has 0 aromatic heterocycles. The Bertz CT molecular complexity index is 669. The molecule has 2 fully saturated rings. The fourth-order valence-electron chi connectivity index (χ4n) is 4.01. The molecule has 0 spiro atoms. The van der Waals surface area contributed by atoms with Crippen LogP contribution in [0.5, 0.6) is 0 Å². The fraction of sp³-hybridized carbons (Fsp3) is 0.529. The second-order valence-electron chi connectivity index (χ2n) is 6.73. The zero-order valence-corrected chi connectivity index (χ0v) is 15.0. The van der Waals surface area contributed by atoms with Gasteiger partial charge in [-0.05, 0) is 42.9 Å². The number of hydrogen-bond acceptors (Lipinski definition) is 4. The van der Waals surface area contributed by atoms with Crippen molar-refractivity contribution in [3.8, 4) is 0 Å². The van der Waals surface area contributed by atoms with Gasteiger partial charge in [0.2, 0.25) is 5.91 Å². The molecule has 1 saturated heterocycles. The van der Waals surface area contributed by atoms with Crippen molar-refractivity contribution < 1.29 is 9.59 Å². The molecule has 2 heterocycles. The summed E-state index contributed by atoms with van der Waals surface area (Å²) in [4.78, 5) is 27.5. The van der Waals surface area contributed by atoms with Crippen LogP contribution in [-0.4, -0.2) is 41.6 Å². The quantitative estimate of drug-likeness (QED) is 0.798. The first-order valence-corrected chi connectivity index (χ1v) is 9.22. The molecular weight excluding hydrogens is 346 g/mol. The summed E-state index contributed by atoms with van der Waals surface area (Å²) < 4.78 is 0. The van der Waals surface area contributed by atoms with E-state index in [9.17, 15) is 9.59 Å². The smallest absolute Gasteiger partial charge is 0.253 e. The van der Waals surface area contributed by atoms with E-state index in [0.717, 1.165) is 42.3 Å². The monoisotopic (exact) mass is 367 g/mol. The minimum absolute atomic E-state index is 0. The maximum Gasteiger partial charge on any atom is 0.253 e. The van der Waals surface area contributed by atoms with E-state index in [-0.39, 0.29) is 30.3 Å². The molecule has 0 radical (unpaired) electrons. The Morgan fingerprint density at radius 2 is 2.12 bits per heavy atom. The normalized spacial score (nSPS) is 28.5. The van der Waals surface area contributed by atoms with Gasteiger partial charge in [-0.25, -0.2) is 0 Å². The van der Waals surface area contributed by atoms with E-state index in [1.54, 1.807) is 11.8 Å². The summed E-state index contributed by atoms with van der Waals surface area (Å²) in [6, 6.07) is 5.88. The average Bonchev–Trinajstić information content (AvgIpc) is 3.04. The first kappa shape index (κ1) is 17.6. The van der Waals surface area contributed by atoms with Gasteiger partial charge in [-0.15, -0.1) is 24.2 Å². The van der Waals surface area contributed by atoms with Crippen molar-refractivity contribution in [3.05, 3.63) is 23.8 Å². The van der Waals surface area contributed by atoms with E-state index >= 15 is 0 Å². The van der Waals surface area contributed by atoms with Gasteiger partial charge in [-0.3, -0.25) is 9.59 Å². The number of amides is 2. The molecule has 2 amide bonds. The largest absolute Gasteiger partial charge is 0.338 e. The van der Waals surface area contributed by atoms with Crippen molar-refractivity contribution in [1.29, 1.82) is 0 Å². The molecule has 1 aromatic carbocycles. The lowest BCUT2D eigenvalue weighted by molar-refractivity contribution is -0.115. The van der Waals surface area contributed by atoms with E-state index in [1.807, 2.05) is 23.1 Å². The van der Waals surface area contributed by atoms with Crippen LogP contribution >= 0.6 is 24.2 Å². The number of carbonyl (C=O) groups is 2. The predicted molar refractivity (Wildman–Crippen MR) is 97.8 cm³/mol. The number of halogens is 1. The highest BCUT2D eigenvalue weighted by Crippen LogP contribution is 2.38. The fourth-order valence-corrected chi connectivity index (χ4v) is 4.95. The zero-order chi connectivity index (χ0) is 16.0. The molecule has 5 nitrogen and oxygen atoms in total. The van der Waals surface area contributed by atoms with Crippen molar-refractivity contribution in [2.75, 3.05) is 24.2 Å². The number of anilines is 1. The van der Waals surface area contributed by atoms with Crippen molar-refractivity contribution in [2.45, 2.75) is 30.2 Å². The summed E-state index contributed by atoms with van der Waals surface area (Å²) in [5.41, 5.74) is 7.57. The van der Waals surface area contributed by atoms with Crippen LogP contribution in [-0.2, 0) is 4.79 Å². The van der Waals surface area contributed by atoms with Gasteiger partial charge in [0.15, 0.2) is 0 Å². The number of nitrogens with two attached hydrogens (primary N) is 1. The lowest BCUT2D eigenvalue weighted by atomic mass is 9.98. The molecule has 1 aliphatic carbocycles. The van der Waals surface area contributed by atoms with E-state index in [2.05, 4.69) is 5.32 Å². The topological polar surface area (TPSA) is 75.4 Å². The van der Waals surface area contributed by atoms with E-state index in [1.165, 1.54) is 0 Å². The van der Waals surface area contributed by atoms with Crippen LogP contribution in [0.25, 0.3) is 0 Å². The van der Waals surface area contributed by atoms with Gasteiger partial charge < -0.3 is 16.0 Å². The molecule has 3 unspecified atom stereocenters. The Morgan fingerprint density at radius 3 is 2.92 bits per heavy atom. The summed E-state index contributed by atoms with van der Waals surface area (Å²) in [5, 5.41) is 2.90. The van der Waals surface area contributed by atoms with Gasteiger partial charge in [-0.2, -0.15) is 0 Å². The molecular formula is C17H22ClN3O2S. The van der Waals surface area contributed by atoms with Crippen molar-refractivity contribution >= 4 is 41.7 Å². The zero-order valence-electron chi connectivity index (χ0n) is 13.4. The van der Waals surface area contributed by atoms with E-state index in [0.29, 0.717) is 23.8 Å². The first-order valence-electron chi connectivity index (χ1n) is 8.23. The number of benzene rings is 1. The maximum absolute atomic E-state index is 12.8. The van der Waals surface area contributed by atoms with Gasteiger partial charge in [0.1, 0.15) is 0 Å². The lowest BCUT2D eigenvalue weighted by Crippen LogP contribution is -2.33. The first-order chi connectivity index (χ1) is 11.1. The molecule has 130 valence electrons. The Morgan fingerprint density at radius 1 is 1.29 bits per heavy atom. The van der Waals surface area contributed by atoms with Gasteiger partial charge in [-0.1, -0.05) is 0 Å². The third-order valence-corrected chi connectivity index (χ3v) is 6.36. The molecule has 1 saturated carbocycles. The summed E-state index contributed by atoms with van der Waals surface area (Å²) in [6.45, 7) is 1.58. The van der Waals surface area contributed by atoms with Gasteiger partial charge in [0, 0.05) is 41.8 Å². The van der Waals surface area contributed by atoms with Gasteiger partial charge in [0.25, 0.3) is 5.91 Å². The third kappa shape index (κ3) is 3.15. The van der Waals surface area contributed by atoms with Crippen LogP contribution in [0.4, 0.5) is 5.69 Å². The summed E-state index contributed by atoms with van der Waals surface area (Å²) in [7, 11) is 0. The highest BCUT2D eigenvalue weighted by atomic mass is 35.5. The summed E-state index contributed by atoms with van der Waals surface area (Å²) >= 11 is 1.66. The minimum atomic E-state index is 0. The van der Waals surface area contributed by atoms with Gasteiger partial charge in [0.05, 0.1) is 5.69 Å². The number of carbonyl (C=O) groups excluding carboxylic acids is 2. The SMILES string of the molecule is Cl.NC1CCC2CN(C(=O)c3ccc4c(c3)NC(=O)CCS4)CC12. The maximum atomic E-state index is 12.8. The Hall–Kier alpha value is -1.24. The third-order valence-electron chi connectivity index (χ3n) is 5.29. The van der Waals surface area contributed by atoms with E-state index < -0.39 is 0 Å². The molecule has 0 bridgehead atoms. The lowest BCUT2D eigenvalue weighted by Gasteiger charge is -2.19. The summed E-state index contributed by atoms with van der Waals surface area (Å²) in [5.74, 6) is 1.86. The standard InChI is InChI=1S/C17H21N3O2S.ClH/c18-13-3-1-11-8-20(9-12(11)13)17(22)10-2-4-15-14(7-10)19-16(21)5-6-23-15;/h2,4,7,11-13H,1,3,5-6,8-9,18H2,(H,19,21);1H. The highest BCUT2D eigenvalue weighted by Gasteiger charge is 2.42. The van der Waals surface area contributed by atoms with Crippen molar-refractivity contribution in [2.24, 2.45) is 17.6 Å². The van der Waals surface area contributed by atoms with Crippen LogP contribution in [0.3, 0.4) is 0 Å². The summed E-state index contributed by atoms with van der Waals surface area (Å²) in [6.07, 6.45) is 2.72. The van der Waals surface area contributed by atoms with E-state index in [4.69, 9.17) is 5.73 Å². The van der Waals surface area contributed by atoms with Crippen LogP contribution in [0.2, 0.25) is 0 Å². The Labute approximate surface area is 152 Å². The van der Waals surface area contributed by atoms with Gasteiger partial charge >= 0.3 is 0 Å². The number of likely N-dealkylation sites (tertiary alicyclic amines) is 1. The van der Waals surface area contributed by atoms with Crippen LogP contribution in [0.1, 0.15) is 29.6 Å². The molecule has 3 atom stereocenters. The van der Waals surface area contributed by atoms with Crippen molar-refractivity contribution in [3.63, 3.8) is 0 Å².